The summed E-state index contributed by atoms with van der Waals surface area (Å²) in [4.78, 5) is 11.2. The summed E-state index contributed by atoms with van der Waals surface area (Å²) in [5.74, 6) is -0.526. The van der Waals surface area contributed by atoms with Gasteiger partial charge in [0.15, 0.2) is 0 Å². The Kier molecular flexibility index (Phi) is 4.53. The minimum absolute atomic E-state index is 0.0529. The van der Waals surface area contributed by atoms with Crippen molar-refractivity contribution in [3.8, 4) is 5.75 Å². The summed E-state index contributed by atoms with van der Waals surface area (Å²) in [6.07, 6.45) is 1.62. The number of ether oxygens (including phenoxy) is 1. The van der Waals surface area contributed by atoms with Gasteiger partial charge in [-0.05, 0) is 43.9 Å². The van der Waals surface area contributed by atoms with Crippen molar-refractivity contribution in [1.82, 2.24) is 4.72 Å². The van der Waals surface area contributed by atoms with E-state index in [1.807, 2.05) is 0 Å². The first kappa shape index (κ1) is 15.8. The van der Waals surface area contributed by atoms with E-state index in [9.17, 15) is 13.2 Å². The molecular formula is C14H19NO5S. The zero-order chi connectivity index (χ0) is 15.6. The molecule has 0 unspecified atom stereocenters. The normalized spacial score (nSPS) is 21.6. The molecule has 0 spiro atoms. The van der Waals surface area contributed by atoms with E-state index in [0.717, 1.165) is 18.9 Å². The number of hydrogen-bond acceptors (Lipinski definition) is 4. The van der Waals surface area contributed by atoms with Crippen LogP contribution in [0.2, 0.25) is 0 Å². The fourth-order valence-electron chi connectivity index (χ4n) is 2.41. The molecule has 21 heavy (non-hydrogen) atoms. The molecule has 0 heterocycles. The van der Waals surface area contributed by atoms with Gasteiger partial charge in [0, 0.05) is 6.04 Å². The van der Waals surface area contributed by atoms with Crippen LogP contribution in [0.1, 0.15) is 37.0 Å². The molecule has 7 heteroatoms. The van der Waals surface area contributed by atoms with Crippen LogP contribution in [0, 0.1) is 5.92 Å². The maximum Gasteiger partial charge on any atom is 0.339 e. The lowest BCUT2D eigenvalue weighted by molar-refractivity contribution is 0.0692. The van der Waals surface area contributed by atoms with E-state index in [-0.39, 0.29) is 22.3 Å². The maximum atomic E-state index is 12.2. The number of sulfonamides is 1. The minimum atomic E-state index is -3.70. The first-order valence-corrected chi connectivity index (χ1v) is 8.34. The Balaban J connectivity index is 2.26. The number of nitrogens with one attached hydrogen (secondary N) is 1. The number of carbonyl (C=O) groups is 1. The third-order valence-electron chi connectivity index (χ3n) is 3.49. The summed E-state index contributed by atoms with van der Waals surface area (Å²) in [7, 11) is -3.70. The van der Waals surface area contributed by atoms with Gasteiger partial charge in [0.1, 0.15) is 11.3 Å². The number of benzene rings is 1. The summed E-state index contributed by atoms with van der Waals surface area (Å²) in [6, 6.07) is 3.81. The van der Waals surface area contributed by atoms with Crippen molar-refractivity contribution in [3.63, 3.8) is 0 Å². The Bertz CT molecular complexity index is 635. The summed E-state index contributed by atoms with van der Waals surface area (Å²) < 4.78 is 32.3. The molecule has 2 rings (SSSR count). The summed E-state index contributed by atoms with van der Waals surface area (Å²) in [6.45, 7) is 4.10. The van der Waals surface area contributed by atoms with Crippen molar-refractivity contribution in [2.75, 3.05) is 6.61 Å². The highest BCUT2D eigenvalue weighted by Crippen LogP contribution is 2.29. The molecular weight excluding hydrogens is 294 g/mol. The zero-order valence-corrected chi connectivity index (χ0v) is 12.8. The Labute approximate surface area is 124 Å². The quantitative estimate of drug-likeness (QED) is 0.836. The number of aromatic carboxylic acids is 1. The Morgan fingerprint density at radius 3 is 2.62 bits per heavy atom. The zero-order valence-electron chi connectivity index (χ0n) is 12.0. The molecule has 1 fully saturated rings. The molecule has 6 nitrogen and oxygen atoms in total. The average molecular weight is 313 g/mol. The Morgan fingerprint density at radius 1 is 1.43 bits per heavy atom. The molecule has 0 amide bonds. The summed E-state index contributed by atoms with van der Waals surface area (Å²) in [5, 5.41) is 9.16. The van der Waals surface area contributed by atoms with Gasteiger partial charge < -0.3 is 9.84 Å². The minimum Gasteiger partial charge on any atom is -0.493 e. The molecule has 1 aromatic carbocycles. The molecule has 0 radical (unpaired) electrons. The lowest BCUT2D eigenvalue weighted by Gasteiger charge is -2.32. The summed E-state index contributed by atoms with van der Waals surface area (Å²) >= 11 is 0. The van der Waals surface area contributed by atoms with Gasteiger partial charge in [0.05, 0.1) is 11.5 Å². The largest absolute Gasteiger partial charge is 0.493 e. The number of hydrogen-bond donors (Lipinski definition) is 2. The van der Waals surface area contributed by atoms with E-state index in [1.54, 1.807) is 6.92 Å². The van der Waals surface area contributed by atoms with Crippen molar-refractivity contribution in [3.05, 3.63) is 23.8 Å². The maximum absolute atomic E-state index is 12.2. The van der Waals surface area contributed by atoms with Crippen LogP contribution >= 0.6 is 0 Å². The first-order chi connectivity index (χ1) is 9.83. The number of rotatable bonds is 6. The van der Waals surface area contributed by atoms with E-state index < -0.39 is 16.0 Å². The lowest BCUT2D eigenvalue weighted by atomic mass is 9.83. The second kappa shape index (κ2) is 6.03. The van der Waals surface area contributed by atoms with Crippen molar-refractivity contribution in [1.29, 1.82) is 0 Å². The monoisotopic (exact) mass is 313 g/mol. The predicted molar refractivity (Wildman–Crippen MR) is 77.1 cm³/mol. The van der Waals surface area contributed by atoms with Crippen LogP contribution in [0.4, 0.5) is 0 Å². The third kappa shape index (κ3) is 3.54. The SMILES string of the molecule is CCOc1ccc(S(=O)(=O)NC2CC(C)C2)cc1C(=O)O. The highest BCUT2D eigenvalue weighted by Gasteiger charge is 2.30. The molecule has 0 bridgehead atoms. The topological polar surface area (TPSA) is 92.7 Å². The molecule has 0 aliphatic heterocycles. The van der Waals surface area contributed by atoms with Crippen molar-refractivity contribution in [2.24, 2.45) is 5.92 Å². The Hall–Kier alpha value is -1.60. The molecule has 2 N–H and O–H groups in total. The summed E-state index contributed by atoms with van der Waals surface area (Å²) in [5.41, 5.74) is -0.151. The molecule has 1 aromatic rings. The fourth-order valence-corrected chi connectivity index (χ4v) is 3.70. The predicted octanol–water partition coefficient (Wildman–Crippen LogP) is 1.86. The molecule has 1 saturated carbocycles. The highest BCUT2D eigenvalue weighted by molar-refractivity contribution is 7.89. The fraction of sp³-hybridized carbons (Fsp3) is 0.500. The molecule has 0 atom stereocenters. The van der Waals surface area contributed by atoms with Crippen LogP contribution in [0.15, 0.2) is 23.1 Å². The second-order valence-corrected chi connectivity index (χ2v) is 7.00. The van der Waals surface area contributed by atoms with Crippen LogP contribution in [-0.2, 0) is 10.0 Å². The van der Waals surface area contributed by atoms with Crippen LogP contribution in [-0.4, -0.2) is 32.1 Å². The third-order valence-corrected chi connectivity index (χ3v) is 5.01. The standard InChI is InChI=1S/C14H19NO5S/c1-3-20-13-5-4-11(8-12(13)14(16)17)21(18,19)15-10-6-9(2)7-10/h4-5,8-10,15H,3,6-7H2,1-2H3,(H,16,17). The van der Waals surface area contributed by atoms with E-state index in [0.29, 0.717) is 12.5 Å². The van der Waals surface area contributed by atoms with Crippen LogP contribution < -0.4 is 9.46 Å². The molecule has 116 valence electrons. The second-order valence-electron chi connectivity index (χ2n) is 5.29. The van der Waals surface area contributed by atoms with Crippen LogP contribution in [0.3, 0.4) is 0 Å². The van der Waals surface area contributed by atoms with Crippen LogP contribution in [0.5, 0.6) is 5.75 Å². The van der Waals surface area contributed by atoms with E-state index in [2.05, 4.69) is 11.6 Å². The van der Waals surface area contributed by atoms with Gasteiger partial charge >= 0.3 is 5.97 Å². The first-order valence-electron chi connectivity index (χ1n) is 6.86. The molecule has 1 aliphatic rings. The average Bonchev–Trinajstić information content (AvgIpc) is 2.37. The van der Waals surface area contributed by atoms with Gasteiger partial charge in [-0.25, -0.2) is 17.9 Å². The van der Waals surface area contributed by atoms with Crippen LogP contribution in [0.25, 0.3) is 0 Å². The molecule has 0 aromatic heterocycles. The van der Waals surface area contributed by atoms with Gasteiger partial charge in [-0.1, -0.05) is 6.92 Å². The number of carboxylic acids is 1. The van der Waals surface area contributed by atoms with Gasteiger partial charge in [-0.2, -0.15) is 0 Å². The molecule has 0 saturated heterocycles. The van der Waals surface area contributed by atoms with E-state index in [1.165, 1.54) is 12.1 Å². The van der Waals surface area contributed by atoms with Crippen molar-refractivity contribution >= 4 is 16.0 Å². The van der Waals surface area contributed by atoms with Gasteiger partial charge in [-0.15, -0.1) is 0 Å². The van der Waals surface area contributed by atoms with E-state index >= 15 is 0 Å². The Morgan fingerprint density at radius 2 is 2.10 bits per heavy atom. The smallest absolute Gasteiger partial charge is 0.339 e. The van der Waals surface area contributed by atoms with Gasteiger partial charge in [-0.3, -0.25) is 0 Å². The number of carboxylic acid groups (broad SMARTS) is 1. The van der Waals surface area contributed by atoms with E-state index in [4.69, 9.17) is 9.84 Å². The van der Waals surface area contributed by atoms with Crippen molar-refractivity contribution < 1.29 is 23.1 Å². The van der Waals surface area contributed by atoms with Gasteiger partial charge in [0.2, 0.25) is 10.0 Å². The molecule has 1 aliphatic carbocycles. The van der Waals surface area contributed by atoms with Gasteiger partial charge in [0.25, 0.3) is 0 Å². The lowest BCUT2D eigenvalue weighted by Crippen LogP contribution is -2.43. The highest BCUT2D eigenvalue weighted by atomic mass is 32.2. The van der Waals surface area contributed by atoms with Crippen molar-refractivity contribution in [2.45, 2.75) is 37.6 Å².